The Bertz CT molecular complexity index is 961. The summed E-state index contributed by atoms with van der Waals surface area (Å²) in [6, 6.07) is 11.8. The van der Waals surface area contributed by atoms with Crippen LogP contribution in [0.4, 0.5) is 4.39 Å². The molecule has 0 aliphatic rings. The molecule has 0 radical (unpaired) electrons. The van der Waals surface area contributed by atoms with Gasteiger partial charge in [-0.15, -0.1) is 5.10 Å². The Kier molecular flexibility index (Phi) is 4.79. The van der Waals surface area contributed by atoms with E-state index < -0.39 is 5.78 Å². The Balaban J connectivity index is 1.80. The number of aliphatic hydroxyl groups is 1. The van der Waals surface area contributed by atoms with Crippen molar-refractivity contribution in [3.63, 3.8) is 0 Å². The van der Waals surface area contributed by atoms with Gasteiger partial charge < -0.3 is 10.2 Å². The van der Waals surface area contributed by atoms with Gasteiger partial charge in [0.05, 0.1) is 12.2 Å². The number of allylic oxidation sites excluding steroid dienone is 1. The zero-order valence-corrected chi connectivity index (χ0v) is 13.9. The number of phenols is 1. The lowest BCUT2D eigenvalue weighted by molar-refractivity contribution is 0.104. The Morgan fingerprint density at radius 3 is 2.46 bits per heavy atom. The van der Waals surface area contributed by atoms with Gasteiger partial charge in [0.1, 0.15) is 17.3 Å². The number of aliphatic hydroxyl groups excluding tert-OH is 1. The molecule has 26 heavy (non-hydrogen) atoms. The first kappa shape index (κ1) is 17.3. The standard InChI is InChI=1S/C19H16FN3O3/c1-12-19(18(26)10-17(25)14-4-8-16(24)9-5-14)21-22-23(12)11-13-2-6-15(20)7-3-13/h2-10,24-25H,11H2,1H3/b17-10-. The maximum Gasteiger partial charge on any atom is 0.211 e. The second-order valence-electron chi connectivity index (χ2n) is 5.75. The first-order chi connectivity index (χ1) is 12.4. The maximum absolute atomic E-state index is 13.0. The van der Waals surface area contributed by atoms with Crippen molar-refractivity contribution in [2.75, 3.05) is 0 Å². The molecule has 2 aromatic carbocycles. The van der Waals surface area contributed by atoms with Gasteiger partial charge in [-0.1, -0.05) is 17.3 Å². The third-order valence-corrected chi connectivity index (χ3v) is 3.89. The third kappa shape index (κ3) is 3.77. The van der Waals surface area contributed by atoms with Crippen LogP contribution in [0, 0.1) is 12.7 Å². The van der Waals surface area contributed by atoms with Crippen LogP contribution in [0.15, 0.2) is 54.6 Å². The lowest BCUT2D eigenvalue weighted by atomic mass is 10.1. The number of carbonyl (C=O) groups excluding carboxylic acids is 1. The minimum atomic E-state index is -0.488. The van der Waals surface area contributed by atoms with Gasteiger partial charge in [0, 0.05) is 11.6 Å². The first-order valence-electron chi connectivity index (χ1n) is 7.83. The van der Waals surface area contributed by atoms with Crippen molar-refractivity contribution in [2.24, 2.45) is 0 Å². The summed E-state index contributed by atoms with van der Waals surface area (Å²) in [6.07, 6.45) is 1.06. The summed E-state index contributed by atoms with van der Waals surface area (Å²) in [5.41, 5.74) is 1.87. The minimum absolute atomic E-state index is 0.0625. The van der Waals surface area contributed by atoms with Crippen molar-refractivity contribution in [2.45, 2.75) is 13.5 Å². The molecule has 0 bridgehead atoms. The van der Waals surface area contributed by atoms with Gasteiger partial charge >= 0.3 is 0 Å². The molecule has 0 amide bonds. The Hall–Kier alpha value is -3.48. The molecule has 0 fully saturated rings. The predicted molar refractivity (Wildman–Crippen MR) is 93.3 cm³/mol. The summed E-state index contributed by atoms with van der Waals surface area (Å²) < 4.78 is 14.5. The van der Waals surface area contributed by atoms with Crippen LogP contribution in [0.2, 0.25) is 0 Å². The van der Waals surface area contributed by atoms with Crippen molar-refractivity contribution in [3.8, 4) is 5.75 Å². The summed E-state index contributed by atoms with van der Waals surface area (Å²) in [5.74, 6) is -0.983. The molecule has 0 spiro atoms. The largest absolute Gasteiger partial charge is 0.508 e. The molecule has 0 saturated carbocycles. The number of benzene rings is 2. The number of hydrogen-bond donors (Lipinski definition) is 2. The van der Waals surface area contributed by atoms with Crippen LogP contribution in [-0.2, 0) is 6.54 Å². The van der Waals surface area contributed by atoms with Crippen molar-refractivity contribution < 1.29 is 19.4 Å². The SMILES string of the molecule is Cc1c(C(=O)/C=C(\O)c2ccc(O)cc2)nnn1Cc1ccc(F)cc1. The summed E-state index contributed by atoms with van der Waals surface area (Å²) in [6.45, 7) is 2.04. The molecule has 7 heteroatoms. The number of phenolic OH excluding ortho intramolecular Hbond substituents is 1. The van der Waals surface area contributed by atoms with Gasteiger partial charge in [0.15, 0.2) is 5.69 Å². The predicted octanol–water partition coefficient (Wildman–Crippen LogP) is 3.26. The lowest BCUT2D eigenvalue weighted by Gasteiger charge is -2.04. The van der Waals surface area contributed by atoms with E-state index >= 15 is 0 Å². The van der Waals surface area contributed by atoms with Gasteiger partial charge in [0.25, 0.3) is 0 Å². The Morgan fingerprint density at radius 2 is 1.81 bits per heavy atom. The Labute approximate surface area is 148 Å². The smallest absolute Gasteiger partial charge is 0.211 e. The molecule has 1 heterocycles. The Morgan fingerprint density at radius 1 is 1.15 bits per heavy atom. The normalized spacial score (nSPS) is 11.5. The van der Waals surface area contributed by atoms with Crippen molar-refractivity contribution >= 4 is 11.5 Å². The van der Waals surface area contributed by atoms with Crippen molar-refractivity contribution in [1.29, 1.82) is 0 Å². The fraction of sp³-hybridized carbons (Fsp3) is 0.105. The van der Waals surface area contributed by atoms with Crippen LogP contribution in [-0.4, -0.2) is 31.0 Å². The highest BCUT2D eigenvalue weighted by Gasteiger charge is 2.16. The number of aromatic nitrogens is 3. The number of nitrogens with zero attached hydrogens (tertiary/aromatic N) is 3. The molecular formula is C19H16FN3O3. The van der Waals surface area contributed by atoms with E-state index in [1.807, 2.05) is 0 Å². The number of rotatable bonds is 5. The fourth-order valence-corrected chi connectivity index (χ4v) is 2.41. The molecule has 6 nitrogen and oxygen atoms in total. The van der Waals surface area contributed by atoms with Gasteiger partial charge in [-0.3, -0.25) is 4.79 Å². The number of halogens is 1. The number of ketones is 1. The molecule has 0 saturated heterocycles. The van der Waals surface area contributed by atoms with Gasteiger partial charge in [-0.2, -0.15) is 0 Å². The van der Waals surface area contributed by atoms with E-state index in [4.69, 9.17) is 0 Å². The van der Waals surface area contributed by atoms with Crippen molar-refractivity contribution in [1.82, 2.24) is 15.0 Å². The van der Waals surface area contributed by atoms with E-state index in [9.17, 15) is 19.4 Å². The van der Waals surface area contributed by atoms with E-state index in [0.717, 1.165) is 11.6 Å². The molecule has 2 N–H and O–H groups in total. The maximum atomic E-state index is 13.0. The van der Waals surface area contributed by atoms with Gasteiger partial charge in [0.2, 0.25) is 5.78 Å². The number of carbonyl (C=O) groups is 1. The molecule has 0 aliphatic heterocycles. The molecule has 3 rings (SSSR count). The van der Waals surface area contributed by atoms with Crippen LogP contribution in [0.25, 0.3) is 5.76 Å². The molecule has 0 aliphatic carbocycles. The highest BCUT2D eigenvalue weighted by Crippen LogP contribution is 2.17. The number of aromatic hydroxyl groups is 1. The zero-order chi connectivity index (χ0) is 18.7. The molecule has 0 unspecified atom stereocenters. The van der Waals surface area contributed by atoms with Crippen LogP contribution in [0.5, 0.6) is 5.75 Å². The van der Waals surface area contributed by atoms with E-state index in [1.165, 1.54) is 41.1 Å². The first-order valence-corrected chi connectivity index (χ1v) is 7.83. The zero-order valence-electron chi connectivity index (χ0n) is 13.9. The third-order valence-electron chi connectivity index (χ3n) is 3.89. The van der Waals surface area contributed by atoms with Crippen LogP contribution in [0.1, 0.15) is 27.3 Å². The molecule has 0 atom stereocenters. The highest BCUT2D eigenvalue weighted by atomic mass is 19.1. The summed E-state index contributed by atoms with van der Waals surface area (Å²) in [5, 5.41) is 27.2. The van der Waals surface area contributed by atoms with Crippen LogP contribution < -0.4 is 0 Å². The summed E-state index contributed by atoms with van der Waals surface area (Å²) in [4.78, 5) is 12.4. The topological polar surface area (TPSA) is 88.2 Å². The molecule has 132 valence electrons. The van der Waals surface area contributed by atoms with Crippen LogP contribution in [0.3, 0.4) is 0 Å². The van der Waals surface area contributed by atoms with Crippen LogP contribution >= 0.6 is 0 Å². The highest BCUT2D eigenvalue weighted by molar-refractivity contribution is 6.07. The van der Waals surface area contributed by atoms with Crippen molar-refractivity contribution in [3.05, 3.63) is 82.9 Å². The quantitative estimate of drug-likeness (QED) is 0.418. The molecule has 3 aromatic rings. The van der Waals surface area contributed by atoms with E-state index in [0.29, 0.717) is 17.8 Å². The van der Waals surface area contributed by atoms with Gasteiger partial charge in [-0.05, 0) is 48.9 Å². The molecule has 1 aromatic heterocycles. The van der Waals surface area contributed by atoms with Gasteiger partial charge in [-0.25, -0.2) is 9.07 Å². The lowest BCUT2D eigenvalue weighted by Crippen LogP contribution is -2.05. The summed E-state index contributed by atoms with van der Waals surface area (Å²) >= 11 is 0. The monoisotopic (exact) mass is 353 g/mol. The van der Waals surface area contributed by atoms with E-state index in [-0.39, 0.29) is 23.0 Å². The van der Waals surface area contributed by atoms with E-state index in [2.05, 4.69) is 10.3 Å². The minimum Gasteiger partial charge on any atom is -0.508 e. The second-order valence-corrected chi connectivity index (χ2v) is 5.75. The fourth-order valence-electron chi connectivity index (χ4n) is 2.41. The summed E-state index contributed by atoms with van der Waals surface area (Å²) in [7, 11) is 0. The second kappa shape index (κ2) is 7.18. The average molecular weight is 353 g/mol. The molecular weight excluding hydrogens is 337 g/mol. The average Bonchev–Trinajstić information content (AvgIpc) is 2.98. The number of hydrogen-bond acceptors (Lipinski definition) is 5. The van der Waals surface area contributed by atoms with E-state index in [1.54, 1.807) is 19.1 Å².